The average molecular weight is 242 g/mol. The molecule has 2 aliphatic heterocycles. The third-order valence-electron chi connectivity index (χ3n) is 4.17. The highest BCUT2D eigenvalue weighted by molar-refractivity contribution is 8.00. The van der Waals surface area contributed by atoms with E-state index in [1.165, 1.54) is 44.8 Å². The Balaban J connectivity index is 1.94. The molecule has 2 atom stereocenters. The lowest BCUT2D eigenvalue weighted by Gasteiger charge is -2.31. The number of nitrogens with zero attached hydrogens (tertiary/aromatic N) is 1. The van der Waals surface area contributed by atoms with Gasteiger partial charge in [-0.1, -0.05) is 27.2 Å². The number of thioether (sulfide) groups is 1. The van der Waals surface area contributed by atoms with Crippen molar-refractivity contribution in [3.63, 3.8) is 0 Å². The summed E-state index contributed by atoms with van der Waals surface area (Å²) in [5, 5.41) is 3.56. The lowest BCUT2D eigenvalue weighted by Crippen LogP contribution is -2.42. The minimum atomic E-state index is 0.489. The first-order chi connectivity index (χ1) is 7.62. The first kappa shape index (κ1) is 12.7. The molecular formula is C13H26N2S. The normalized spacial score (nSPS) is 36.2. The molecule has 2 nitrogen and oxygen atoms in total. The van der Waals surface area contributed by atoms with Crippen molar-refractivity contribution in [3.05, 3.63) is 0 Å². The van der Waals surface area contributed by atoms with Gasteiger partial charge in [0.2, 0.25) is 0 Å². The van der Waals surface area contributed by atoms with Crippen molar-refractivity contribution >= 4 is 11.8 Å². The van der Waals surface area contributed by atoms with E-state index in [2.05, 4.69) is 42.7 Å². The van der Waals surface area contributed by atoms with Crippen LogP contribution >= 0.6 is 11.8 Å². The van der Waals surface area contributed by atoms with Crippen LogP contribution in [0.25, 0.3) is 0 Å². The summed E-state index contributed by atoms with van der Waals surface area (Å²) in [6.45, 7) is 12.1. The third kappa shape index (κ3) is 2.93. The van der Waals surface area contributed by atoms with E-state index >= 15 is 0 Å². The van der Waals surface area contributed by atoms with E-state index in [1.807, 2.05) is 0 Å². The van der Waals surface area contributed by atoms with Gasteiger partial charge in [0.1, 0.15) is 0 Å². The molecule has 2 unspecified atom stereocenters. The van der Waals surface area contributed by atoms with Crippen LogP contribution in [0.5, 0.6) is 0 Å². The summed E-state index contributed by atoms with van der Waals surface area (Å²) in [7, 11) is 0. The van der Waals surface area contributed by atoms with Crippen molar-refractivity contribution in [1.82, 2.24) is 10.2 Å². The van der Waals surface area contributed by atoms with Crippen LogP contribution in [0.1, 0.15) is 33.6 Å². The quantitative estimate of drug-likeness (QED) is 0.799. The Morgan fingerprint density at radius 1 is 1.31 bits per heavy atom. The average Bonchev–Trinajstić information content (AvgIpc) is 2.63. The summed E-state index contributed by atoms with van der Waals surface area (Å²) in [5.74, 6) is 2.19. The van der Waals surface area contributed by atoms with E-state index in [1.54, 1.807) is 0 Å². The predicted octanol–water partition coefficient (Wildman–Crippen LogP) is 2.20. The highest BCUT2D eigenvalue weighted by Gasteiger charge is 2.33. The van der Waals surface area contributed by atoms with E-state index in [9.17, 15) is 0 Å². The van der Waals surface area contributed by atoms with Crippen LogP contribution in [0.4, 0.5) is 0 Å². The van der Waals surface area contributed by atoms with Crippen LogP contribution in [0.15, 0.2) is 0 Å². The number of hydrogen-bond donors (Lipinski definition) is 1. The van der Waals surface area contributed by atoms with Gasteiger partial charge in [0.05, 0.1) is 0 Å². The molecule has 0 radical (unpaired) electrons. The van der Waals surface area contributed by atoms with Crippen LogP contribution in [-0.4, -0.2) is 47.6 Å². The highest BCUT2D eigenvalue weighted by Crippen LogP contribution is 2.32. The molecule has 2 saturated heterocycles. The van der Waals surface area contributed by atoms with Crippen LogP contribution in [-0.2, 0) is 0 Å². The summed E-state index contributed by atoms with van der Waals surface area (Å²) in [5.41, 5.74) is 0. The first-order valence-corrected chi connectivity index (χ1v) is 7.69. The zero-order valence-corrected chi connectivity index (χ0v) is 11.8. The molecule has 0 aromatic rings. The Morgan fingerprint density at radius 2 is 2.12 bits per heavy atom. The monoisotopic (exact) mass is 242 g/mol. The van der Waals surface area contributed by atoms with Crippen molar-refractivity contribution in [3.8, 4) is 0 Å². The molecule has 2 heterocycles. The van der Waals surface area contributed by atoms with Gasteiger partial charge in [0, 0.05) is 29.6 Å². The van der Waals surface area contributed by atoms with Crippen molar-refractivity contribution < 1.29 is 0 Å². The summed E-state index contributed by atoms with van der Waals surface area (Å²) < 4.78 is 0.489. The van der Waals surface area contributed by atoms with Crippen LogP contribution in [0, 0.1) is 5.92 Å². The van der Waals surface area contributed by atoms with Gasteiger partial charge in [-0.25, -0.2) is 0 Å². The Labute approximate surface area is 105 Å². The summed E-state index contributed by atoms with van der Waals surface area (Å²) in [6, 6.07) is 0.805. The number of nitrogens with one attached hydrogen (secondary N) is 1. The number of hydrogen-bond acceptors (Lipinski definition) is 3. The second-order valence-electron chi connectivity index (χ2n) is 5.79. The maximum Gasteiger partial charge on any atom is 0.0261 e. The summed E-state index contributed by atoms with van der Waals surface area (Å²) in [4.78, 5) is 2.75. The summed E-state index contributed by atoms with van der Waals surface area (Å²) in [6.07, 6.45) is 2.66. The lowest BCUT2D eigenvalue weighted by atomic mass is 9.98. The molecule has 0 amide bonds. The predicted molar refractivity (Wildman–Crippen MR) is 73.2 cm³/mol. The second-order valence-corrected chi connectivity index (χ2v) is 7.59. The maximum absolute atomic E-state index is 3.56. The van der Waals surface area contributed by atoms with Gasteiger partial charge in [-0.15, -0.1) is 0 Å². The Bertz CT molecular complexity index is 230. The fraction of sp³-hybridized carbons (Fsp3) is 1.00. The zero-order valence-electron chi connectivity index (χ0n) is 11.0. The summed E-state index contributed by atoms with van der Waals surface area (Å²) >= 11 is 2.15. The smallest absolute Gasteiger partial charge is 0.0261 e. The topological polar surface area (TPSA) is 15.3 Å². The van der Waals surface area contributed by atoms with Crippen molar-refractivity contribution in [2.75, 3.05) is 31.9 Å². The molecule has 2 aliphatic rings. The van der Waals surface area contributed by atoms with E-state index < -0.39 is 0 Å². The molecule has 2 fully saturated rings. The van der Waals surface area contributed by atoms with E-state index in [-0.39, 0.29) is 0 Å². The van der Waals surface area contributed by atoms with Gasteiger partial charge in [-0.2, -0.15) is 11.8 Å². The van der Waals surface area contributed by atoms with E-state index in [0.29, 0.717) is 4.75 Å². The van der Waals surface area contributed by atoms with E-state index in [0.717, 1.165) is 12.0 Å². The Morgan fingerprint density at radius 3 is 2.88 bits per heavy atom. The molecule has 94 valence electrons. The second kappa shape index (κ2) is 5.28. The molecule has 3 heteroatoms. The molecule has 2 rings (SSSR count). The number of rotatable bonds is 2. The van der Waals surface area contributed by atoms with E-state index in [4.69, 9.17) is 0 Å². The van der Waals surface area contributed by atoms with Gasteiger partial charge < -0.3 is 5.32 Å². The van der Waals surface area contributed by atoms with Gasteiger partial charge >= 0.3 is 0 Å². The Hall–Kier alpha value is 0.270. The third-order valence-corrected chi connectivity index (χ3v) is 5.54. The Kier molecular flexibility index (Phi) is 4.20. The molecule has 0 aromatic carbocycles. The van der Waals surface area contributed by atoms with Crippen LogP contribution in [0.2, 0.25) is 0 Å². The van der Waals surface area contributed by atoms with Crippen molar-refractivity contribution in [1.29, 1.82) is 0 Å². The van der Waals surface area contributed by atoms with Gasteiger partial charge in [0.15, 0.2) is 0 Å². The van der Waals surface area contributed by atoms with Crippen LogP contribution in [0.3, 0.4) is 0 Å². The molecule has 0 aromatic heterocycles. The molecule has 0 spiro atoms. The molecular weight excluding hydrogens is 216 g/mol. The lowest BCUT2D eigenvalue weighted by molar-refractivity contribution is 0.177. The SMILES string of the molecule is CCC1CNCC1N1CCSC(C)(C)CC1. The molecule has 16 heavy (non-hydrogen) atoms. The first-order valence-electron chi connectivity index (χ1n) is 6.71. The van der Waals surface area contributed by atoms with Crippen molar-refractivity contribution in [2.45, 2.75) is 44.4 Å². The molecule has 1 N–H and O–H groups in total. The van der Waals surface area contributed by atoms with Crippen LogP contribution < -0.4 is 5.32 Å². The minimum Gasteiger partial charge on any atom is -0.315 e. The maximum atomic E-state index is 3.56. The fourth-order valence-electron chi connectivity index (χ4n) is 2.93. The molecule has 0 aliphatic carbocycles. The standard InChI is InChI=1S/C13H26N2S/c1-4-11-9-14-10-12(11)15-6-5-13(2,3)16-8-7-15/h11-12,14H,4-10H2,1-3H3. The highest BCUT2D eigenvalue weighted by atomic mass is 32.2. The fourth-order valence-corrected chi connectivity index (χ4v) is 4.04. The van der Waals surface area contributed by atoms with Crippen molar-refractivity contribution in [2.24, 2.45) is 5.92 Å². The van der Waals surface area contributed by atoms with Gasteiger partial charge in [-0.05, 0) is 25.4 Å². The minimum absolute atomic E-state index is 0.489. The zero-order chi connectivity index (χ0) is 11.6. The van der Waals surface area contributed by atoms with Gasteiger partial charge in [-0.3, -0.25) is 4.90 Å². The van der Waals surface area contributed by atoms with Gasteiger partial charge in [0.25, 0.3) is 0 Å². The molecule has 0 bridgehead atoms. The largest absolute Gasteiger partial charge is 0.315 e. The molecule has 0 saturated carbocycles.